The SMILES string of the molecule is COc1ccc(-c2n[nH]c3nc(-c4ccc5cc[nH]c5c4)ccc23)cc1. The molecule has 5 heteroatoms. The smallest absolute Gasteiger partial charge is 0.156 e. The molecule has 5 nitrogen and oxygen atoms in total. The zero-order valence-corrected chi connectivity index (χ0v) is 14.2. The van der Waals surface area contributed by atoms with Gasteiger partial charge in [-0.1, -0.05) is 12.1 Å². The number of ether oxygens (including phenoxy) is 1. The topological polar surface area (TPSA) is 66.6 Å². The number of H-pyrrole nitrogens is 2. The van der Waals surface area contributed by atoms with E-state index in [1.54, 1.807) is 7.11 Å². The summed E-state index contributed by atoms with van der Waals surface area (Å²) in [5.74, 6) is 0.828. The molecular weight excluding hydrogens is 324 g/mol. The van der Waals surface area contributed by atoms with Crippen molar-refractivity contribution in [2.75, 3.05) is 7.11 Å². The molecule has 0 aliphatic rings. The van der Waals surface area contributed by atoms with Gasteiger partial charge in [0.05, 0.1) is 12.8 Å². The van der Waals surface area contributed by atoms with Gasteiger partial charge in [0, 0.05) is 28.2 Å². The maximum atomic E-state index is 5.22. The Morgan fingerprint density at radius 2 is 1.73 bits per heavy atom. The summed E-state index contributed by atoms with van der Waals surface area (Å²) < 4.78 is 5.22. The third kappa shape index (κ3) is 2.33. The first-order chi connectivity index (χ1) is 12.8. The van der Waals surface area contributed by atoms with Crippen LogP contribution < -0.4 is 4.74 Å². The monoisotopic (exact) mass is 340 g/mol. The molecule has 0 aliphatic carbocycles. The van der Waals surface area contributed by atoms with Crippen LogP contribution in [0.3, 0.4) is 0 Å². The van der Waals surface area contributed by atoms with Crippen molar-refractivity contribution in [3.63, 3.8) is 0 Å². The van der Waals surface area contributed by atoms with Crippen LogP contribution in [-0.4, -0.2) is 27.3 Å². The van der Waals surface area contributed by atoms with Gasteiger partial charge in [-0.05, 0) is 53.9 Å². The number of methoxy groups -OCH3 is 1. The number of nitrogens with zero attached hydrogens (tertiary/aromatic N) is 2. The lowest BCUT2D eigenvalue weighted by Gasteiger charge is -2.03. The molecule has 126 valence electrons. The molecule has 0 saturated heterocycles. The number of benzene rings is 2. The number of nitrogens with one attached hydrogen (secondary N) is 2. The highest BCUT2D eigenvalue weighted by Crippen LogP contribution is 2.29. The standard InChI is InChI=1S/C21H16N4O/c1-26-16-6-4-14(5-7-16)20-17-8-9-18(23-21(17)25-24-20)15-3-2-13-10-11-22-19(13)12-15/h2-12,22H,1H3,(H,23,24,25). The molecule has 3 heterocycles. The predicted molar refractivity (Wildman–Crippen MR) is 103 cm³/mol. The number of pyridine rings is 1. The van der Waals surface area contributed by atoms with Crippen LogP contribution >= 0.6 is 0 Å². The van der Waals surface area contributed by atoms with Crippen LogP contribution in [0, 0.1) is 0 Å². The fraction of sp³-hybridized carbons (Fsp3) is 0.0476. The van der Waals surface area contributed by atoms with E-state index in [0.29, 0.717) is 0 Å². The molecular formula is C21H16N4O. The summed E-state index contributed by atoms with van der Waals surface area (Å²) in [6.07, 6.45) is 1.95. The van der Waals surface area contributed by atoms with Crippen molar-refractivity contribution in [1.82, 2.24) is 20.2 Å². The fourth-order valence-electron chi connectivity index (χ4n) is 3.24. The van der Waals surface area contributed by atoms with Crippen molar-refractivity contribution in [2.45, 2.75) is 0 Å². The molecule has 0 unspecified atom stereocenters. The Morgan fingerprint density at radius 3 is 2.58 bits per heavy atom. The lowest BCUT2D eigenvalue weighted by atomic mass is 10.1. The average molecular weight is 340 g/mol. The summed E-state index contributed by atoms with van der Waals surface area (Å²) in [7, 11) is 1.66. The summed E-state index contributed by atoms with van der Waals surface area (Å²) >= 11 is 0. The summed E-state index contributed by atoms with van der Waals surface area (Å²) in [5.41, 5.74) is 5.79. The molecule has 0 spiro atoms. The van der Waals surface area contributed by atoms with E-state index < -0.39 is 0 Å². The molecule has 0 aliphatic heterocycles. The van der Waals surface area contributed by atoms with Crippen LogP contribution in [0.2, 0.25) is 0 Å². The van der Waals surface area contributed by atoms with Crippen LogP contribution in [0.5, 0.6) is 5.75 Å². The molecule has 0 bridgehead atoms. The minimum atomic E-state index is 0.778. The largest absolute Gasteiger partial charge is 0.497 e. The molecule has 5 aromatic rings. The zero-order chi connectivity index (χ0) is 17.5. The molecule has 0 saturated carbocycles. The minimum Gasteiger partial charge on any atom is -0.497 e. The van der Waals surface area contributed by atoms with Gasteiger partial charge in [0.25, 0.3) is 0 Å². The van der Waals surface area contributed by atoms with Crippen molar-refractivity contribution in [1.29, 1.82) is 0 Å². The van der Waals surface area contributed by atoms with Gasteiger partial charge in [-0.2, -0.15) is 5.10 Å². The quantitative estimate of drug-likeness (QED) is 0.496. The van der Waals surface area contributed by atoms with Crippen molar-refractivity contribution in [3.8, 4) is 28.3 Å². The van der Waals surface area contributed by atoms with Gasteiger partial charge in [-0.3, -0.25) is 5.10 Å². The number of fused-ring (bicyclic) bond motifs is 2. The second kappa shape index (κ2) is 5.74. The lowest BCUT2D eigenvalue weighted by molar-refractivity contribution is 0.415. The molecule has 0 amide bonds. The molecule has 0 radical (unpaired) electrons. The van der Waals surface area contributed by atoms with E-state index in [9.17, 15) is 0 Å². The highest BCUT2D eigenvalue weighted by molar-refractivity contribution is 5.92. The Hall–Kier alpha value is -3.60. The first-order valence-corrected chi connectivity index (χ1v) is 8.39. The maximum absolute atomic E-state index is 5.22. The van der Waals surface area contributed by atoms with Gasteiger partial charge in [-0.15, -0.1) is 0 Å². The van der Waals surface area contributed by atoms with E-state index in [0.717, 1.165) is 44.8 Å². The number of aromatic nitrogens is 4. The Bertz CT molecular complexity index is 1220. The van der Waals surface area contributed by atoms with Crippen molar-refractivity contribution in [2.24, 2.45) is 0 Å². The average Bonchev–Trinajstić information content (AvgIpc) is 3.33. The third-order valence-corrected chi connectivity index (χ3v) is 4.64. The first-order valence-electron chi connectivity index (χ1n) is 8.39. The van der Waals surface area contributed by atoms with Gasteiger partial charge in [0.2, 0.25) is 0 Å². The van der Waals surface area contributed by atoms with Gasteiger partial charge < -0.3 is 9.72 Å². The molecule has 2 N–H and O–H groups in total. The molecule has 0 fully saturated rings. The van der Waals surface area contributed by atoms with Gasteiger partial charge in [0.1, 0.15) is 11.4 Å². The maximum Gasteiger partial charge on any atom is 0.156 e. The zero-order valence-electron chi connectivity index (χ0n) is 14.2. The highest BCUT2D eigenvalue weighted by atomic mass is 16.5. The Balaban J connectivity index is 1.58. The van der Waals surface area contributed by atoms with Gasteiger partial charge in [-0.25, -0.2) is 4.98 Å². The predicted octanol–water partition coefficient (Wildman–Crippen LogP) is 4.78. The van der Waals surface area contributed by atoms with Crippen LogP contribution in [0.15, 0.2) is 66.9 Å². The van der Waals surface area contributed by atoms with E-state index in [2.05, 4.69) is 45.5 Å². The summed E-state index contributed by atoms with van der Waals surface area (Å²) in [5, 5.41) is 9.71. The highest BCUT2D eigenvalue weighted by Gasteiger charge is 2.11. The minimum absolute atomic E-state index is 0.778. The van der Waals surface area contributed by atoms with E-state index >= 15 is 0 Å². The second-order valence-corrected chi connectivity index (χ2v) is 6.17. The Morgan fingerprint density at radius 1 is 0.885 bits per heavy atom. The molecule has 26 heavy (non-hydrogen) atoms. The fourth-order valence-corrected chi connectivity index (χ4v) is 3.24. The van der Waals surface area contributed by atoms with Crippen molar-refractivity contribution in [3.05, 3.63) is 66.9 Å². The van der Waals surface area contributed by atoms with E-state index in [1.807, 2.05) is 36.5 Å². The third-order valence-electron chi connectivity index (χ3n) is 4.64. The van der Waals surface area contributed by atoms with E-state index in [-0.39, 0.29) is 0 Å². The summed E-state index contributed by atoms with van der Waals surface area (Å²) in [6, 6.07) is 20.3. The van der Waals surface area contributed by atoms with Gasteiger partial charge in [0.15, 0.2) is 5.65 Å². The van der Waals surface area contributed by atoms with Crippen LogP contribution in [-0.2, 0) is 0 Å². The molecule has 0 atom stereocenters. The van der Waals surface area contributed by atoms with E-state index in [4.69, 9.17) is 9.72 Å². The normalized spacial score (nSPS) is 11.3. The number of hydrogen-bond donors (Lipinski definition) is 2. The lowest BCUT2D eigenvalue weighted by Crippen LogP contribution is -1.85. The summed E-state index contributed by atoms with van der Waals surface area (Å²) in [4.78, 5) is 8.00. The summed E-state index contributed by atoms with van der Waals surface area (Å²) in [6.45, 7) is 0. The number of hydrogen-bond acceptors (Lipinski definition) is 3. The Kier molecular flexibility index (Phi) is 3.25. The number of rotatable bonds is 3. The van der Waals surface area contributed by atoms with Crippen LogP contribution in [0.25, 0.3) is 44.5 Å². The molecule has 2 aromatic carbocycles. The molecule has 5 rings (SSSR count). The first kappa shape index (κ1) is 14.7. The molecule has 3 aromatic heterocycles. The Labute approximate surface area is 149 Å². The van der Waals surface area contributed by atoms with Crippen LogP contribution in [0.1, 0.15) is 0 Å². The second-order valence-electron chi connectivity index (χ2n) is 6.17. The van der Waals surface area contributed by atoms with Crippen LogP contribution in [0.4, 0.5) is 0 Å². The van der Waals surface area contributed by atoms with Crippen molar-refractivity contribution >= 4 is 21.9 Å². The van der Waals surface area contributed by atoms with Gasteiger partial charge >= 0.3 is 0 Å². The van der Waals surface area contributed by atoms with E-state index in [1.165, 1.54) is 5.39 Å². The number of aromatic amines is 2. The van der Waals surface area contributed by atoms with Crippen molar-refractivity contribution < 1.29 is 4.74 Å².